The van der Waals surface area contributed by atoms with Crippen LogP contribution >= 0.6 is 0 Å². The van der Waals surface area contributed by atoms with Crippen LogP contribution in [0.25, 0.3) is 0 Å². The van der Waals surface area contributed by atoms with Crippen molar-refractivity contribution in [2.45, 2.75) is 6.92 Å². The van der Waals surface area contributed by atoms with Gasteiger partial charge >= 0.3 is 0 Å². The Labute approximate surface area is 133 Å². The minimum atomic E-state index is -0.255. The molecule has 0 bridgehead atoms. The quantitative estimate of drug-likeness (QED) is 0.619. The predicted molar refractivity (Wildman–Crippen MR) is 86.9 cm³/mol. The molecule has 2 rings (SSSR count). The van der Waals surface area contributed by atoms with Gasteiger partial charge in [0.2, 0.25) is 5.95 Å². The molecule has 8 nitrogen and oxygen atoms in total. The van der Waals surface area contributed by atoms with Gasteiger partial charge in [-0.3, -0.25) is 9.78 Å². The highest BCUT2D eigenvalue weighted by molar-refractivity contribution is 5.88. The first-order chi connectivity index (χ1) is 11.1. The molecule has 0 aliphatic rings. The summed E-state index contributed by atoms with van der Waals surface area (Å²) in [5.74, 6) is 1.93. The van der Waals surface area contributed by atoms with Crippen molar-refractivity contribution in [3.8, 4) is 17.2 Å². The highest BCUT2D eigenvalue weighted by atomic mass is 16.5. The lowest BCUT2D eigenvalue weighted by Gasteiger charge is -2.12. The highest BCUT2D eigenvalue weighted by Gasteiger charge is 2.11. The maximum atomic E-state index is 11.4. The molecule has 23 heavy (non-hydrogen) atoms. The molecule has 1 aromatic carbocycles. The number of H-pyrrole nitrogens is 1. The second-order valence-corrected chi connectivity index (χ2v) is 4.55. The van der Waals surface area contributed by atoms with E-state index < -0.39 is 0 Å². The van der Waals surface area contributed by atoms with Gasteiger partial charge in [-0.05, 0) is 6.92 Å². The molecule has 0 fully saturated rings. The highest BCUT2D eigenvalue weighted by Crippen LogP contribution is 2.32. The molecule has 2 aromatic rings. The number of benzene rings is 1. The van der Waals surface area contributed by atoms with Crippen LogP contribution in [0.4, 0.5) is 5.95 Å². The minimum Gasteiger partial charge on any atom is -0.496 e. The van der Waals surface area contributed by atoms with E-state index in [1.807, 2.05) is 0 Å². The van der Waals surface area contributed by atoms with Crippen molar-refractivity contribution in [2.24, 2.45) is 5.10 Å². The number of aromatic nitrogens is 2. The van der Waals surface area contributed by atoms with Crippen LogP contribution in [0.3, 0.4) is 0 Å². The fraction of sp³-hybridized carbons (Fsp3) is 0.267. The predicted octanol–water partition coefficient (Wildman–Crippen LogP) is 1.55. The average Bonchev–Trinajstić information content (AvgIpc) is 2.53. The van der Waals surface area contributed by atoms with Gasteiger partial charge in [-0.25, -0.2) is 10.4 Å². The molecular weight excluding hydrogens is 300 g/mol. The molecule has 0 aliphatic carbocycles. The summed E-state index contributed by atoms with van der Waals surface area (Å²) in [6.45, 7) is 1.72. The molecule has 0 amide bonds. The summed E-state index contributed by atoms with van der Waals surface area (Å²) in [6.07, 6.45) is 1.51. The van der Waals surface area contributed by atoms with E-state index in [1.165, 1.54) is 12.3 Å². The van der Waals surface area contributed by atoms with Gasteiger partial charge in [0, 0.05) is 23.9 Å². The Morgan fingerprint density at radius 2 is 1.78 bits per heavy atom. The third-order valence-electron chi connectivity index (χ3n) is 2.99. The third kappa shape index (κ3) is 4.00. The number of anilines is 1. The molecule has 0 radical (unpaired) electrons. The Kier molecular flexibility index (Phi) is 5.19. The topological polar surface area (TPSA) is 97.8 Å². The Hall–Kier alpha value is -3.03. The number of aromatic amines is 1. The van der Waals surface area contributed by atoms with E-state index >= 15 is 0 Å². The first kappa shape index (κ1) is 16.3. The van der Waals surface area contributed by atoms with E-state index in [1.54, 1.807) is 40.4 Å². The summed E-state index contributed by atoms with van der Waals surface area (Å²) >= 11 is 0. The molecule has 8 heteroatoms. The van der Waals surface area contributed by atoms with Gasteiger partial charge in [0.15, 0.2) is 0 Å². The number of methoxy groups -OCH3 is 3. The largest absolute Gasteiger partial charge is 0.496 e. The van der Waals surface area contributed by atoms with E-state index in [2.05, 4.69) is 20.5 Å². The van der Waals surface area contributed by atoms with Crippen LogP contribution in [-0.2, 0) is 0 Å². The Bertz CT molecular complexity index is 745. The van der Waals surface area contributed by atoms with Crippen molar-refractivity contribution in [1.29, 1.82) is 0 Å². The van der Waals surface area contributed by atoms with Crippen LogP contribution < -0.4 is 25.2 Å². The second-order valence-electron chi connectivity index (χ2n) is 4.55. The lowest BCUT2D eigenvalue weighted by atomic mass is 10.2. The summed E-state index contributed by atoms with van der Waals surface area (Å²) in [5.41, 5.74) is 3.62. The number of rotatable bonds is 6. The van der Waals surface area contributed by atoms with Gasteiger partial charge in [-0.15, -0.1) is 0 Å². The van der Waals surface area contributed by atoms with Crippen molar-refractivity contribution in [1.82, 2.24) is 9.97 Å². The molecule has 0 saturated heterocycles. The number of hydrogen-bond donors (Lipinski definition) is 2. The summed E-state index contributed by atoms with van der Waals surface area (Å²) in [4.78, 5) is 18.0. The zero-order valence-corrected chi connectivity index (χ0v) is 13.3. The van der Waals surface area contributed by atoms with Crippen molar-refractivity contribution in [2.75, 3.05) is 26.8 Å². The van der Waals surface area contributed by atoms with Crippen LogP contribution in [-0.4, -0.2) is 37.5 Å². The number of nitrogens with one attached hydrogen (secondary N) is 2. The Morgan fingerprint density at radius 3 is 2.30 bits per heavy atom. The van der Waals surface area contributed by atoms with Crippen LogP contribution in [0.1, 0.15) is 11.3 Å². The van der Waals surface area contributed by atoms with Gasteiger partial charge in [0.25, 0.3) is 5.56 Å². The molecule has 0 spiro atoms. The van der Waals surface area contributed by atoms with E-state index in [-0.39, 0.29) is 11.5 Å². The molecule has 0 unspecified atom stereocenters. The van der Waals surface area contributed by atoms with Crippen LogP contribution in [0.2, 0.25) is 0 Å². The van der Waals surface area contributed by atoms with Crippen LogP contribution in [0, 0.1) is 6.92 Å². The molecule has 122 valence electrons. The number of ether oxygens (including phenoxy) is 3. The van der Waals surface area contributed by atoms with Gasteiger partial charge < -0.3 is 14.2 Å². The molecule has 1 aromatic heterocycles. The number of aryl methyl sites for hydroxylation is 1. The van der Waals surface area contributed by atoms with E-state index in [4.69, 9.17) is 14.2 Å². The van der Waals surface area contributed by atoms with Crippen LogP contribution in [0.15, 0.2) is 28.1 Å². The molecule has 0 saturated carbocycles. The zero-order valence-electron chi connectivity index (χ0n) is 13.3. The fourth-order valence-electron chi connectivity index (χ4n) is 1.95. The Balaban J connectivity index is 2.29. The molecule has 2 N–H and O–H groups in total. The standard InChI is InChI=1S/C15H18N4O4/c1-9-5-14(20)18-15(17-9)19-16-8-11-12(22-3)6-10(21-2)7-13(11)23-4/h5-8H,1-4H3,(H2,17,18,19,20)/b16-8+. The smallest absolute Gasteiger partial charge is 0.252 e. The summed E-state index contributed by atoms with van der Waals surface area (Å²) in [7, 11) is 4.64. The maximum Gasteiger partial charge on any atom is 0.252 e. The minimum absolute atomic E-state index is 0.248. The molecule has 0 aliphatic heterocycles. The summed E-state index contributed by atoms with van der Waals surface area (Å²) < 4.78 is 15.8. The van der Waals surface area contributed by atoms with Gasteiger partial charge in [-0.2, -0.15) is 5.10 Å². The van der Waals surface area contributed by atoms with Crippen molar-refractivity contribution in [3.63, 3.8) is 0 Å². The average molecular weight is 318 g/mol. The lowest BCUT2D eigenvalue weighted by molar-refractivity contribution is 0.374. The third-order valence-corrected chi connectivity index (χ3v) is 2.99. The number of hydrazone groups is 1. The Morgan fingerprint density at radius 1 is 1.13 bits per heavy atom. The maximum absolute atomic E-state index is 11.4. The van der Waals surface area contributed by atoms with E-state index in [9.17, 15) is 4.79 Å². The van der Waals surface area contributed by atoms with Crippen molar-refractivity contribution in [3.05, 3.63) is 39.8 Å². The zero-order chi connectivity index (χ0) is 16.8. The van der Waals surface area contributed by atoms with Crippen molar-refractivity contribution >= 4 is 12.2 Å². The molecular formula is C15H18N4O4. The van der Waals surface area contributed by atoms with Gasteiger partial charge in [0.05, 0.1) is 33.1 Å². The number of hydrogen-bond acceptors (Lipinski definition) is 7. The lowest BCUT2D eigenvalue weighted by Crippen LogP contribution is -2.10. The number of nitrogens with zero attached hydrogens (tertiary/aromatic N) is 2. The fourth-order valence-corrected chi connectivity index (χ4v) is 1.95. The second kappa shape index (κ2) is 7.30. The first-order valence-corrected chi connectivity index (χ1v) is 6.74. The SMILES string of the molecule is COc1cc(OC)c(/C=N/Nc2nc(C)cc(=O)[nH]2)c(OC)c1. The van der Waals surface area contributed by atoms with E-state index in [0.29, 0.717) is 28.5 Å². The summed E-state index contributed by atoms with van der Waals surface area (Å²) in [5, 5.41) is 4.06. The monoisotopic (exact) mass is 318 g/mol. The van der Waals surface area contributed by atoms with Crippen molar-refractivity contribution < 1.29 is 14.2 Å². The van der Waals surface area contributed by atoms with Gasteiger partial charge in [0.1, 0.15) is 17.2 Å². The normalized spacial score (nSPS) is 10.6. The first-order valence-electron chi connectivity index (χ1n) is 6.74. The summed E-state index contributed by atoms with van der Waals surface area (Å²) in [6, 6.07) is 4.83. The van der Waals surface area contributed by atoms with Gasteiger partial charge in [-0.1, -0.05) is 0 Å². The van der Waals surface area contributed by atoms with E-state index in [0.717, 1.165) is 0 Å². The molecule has 0 atom stereocenters. The molecule has 1 heterocycles. The van der Waals surface area contributed by atoms with Crippen LogP contribution in [0.5, 0.6) is 17.2 Å².